The summed E-state index contributed by atoms with van der Waals surface area (Å²) in [6, 6.07) is 8.73. The highest BCUT2D eigenvalue weighted by molar-refractivity contribution is 8.00. The van der Waals surface area contributed by atoms with Gasteiger partial charge in [-0.05, 0) is 11.1 Å². The van der Waals surface area contributed by atoms with Crippen LogP contribution in [0.5, 0.6) is 0 Å². The fourth-order valence-electron chi connectivity index (χ4n) is 1.98. The molecule has 2 heteroatoms. The van der Waals surface area contributed by atoms with Gasteiger partial charge in [-0.2, -0.15) is 0 Å². The quantitative estimate of drug-likeness (QED) is 0.603. The molecule has 2 heterocycles. The van der Waals surface area contributed by atoms with E-state index in [1.165, 1.54) is 11.1 Å². The molecule has 0 spiro atoms. The molecular formula is C10H10OS. The van der Waals surface area contributed by atoms with Crippen LogP contribution in [0.3, 0.4) is 0 Å². The van der Waals surface area contributed by atoms with Crippen molar-refractivity contribution in [3.05, 3.63) is 35.4 Å². The molecule has 12 heavy (non-hydrogen) atoms. The van der Waals surface area contributed by atoms with Crippen molar-refractivity contribution in [3.63, 3.8) is 0 Å². The maximum atomic E-state index is 5.52. The Kier molecular flexibility index (Phi) is 1.46. The third kappa shape index (κ3) is 0.852. The Hall–Kier alpha value is -0.470. The summed E-state index contributed by atoms with van der Waals surface area (Å²) in [6.07, 6.45) is 0. The molecule has 0 radical (unpaired) electrons. The number of hydrogen-bond acceptors (Lipinski definition) is 2. The molecule has 0 N–H and O–H groups in total. The zero-order valence-corrected chi connectivity index (χ0v) is 7.51. The minimum absolute atomic E-state index is 0.611. The van der Waals surface area contributed by atoms with Crippen LogP contribution in [0.1, 0.15) is 21.6 Å². The van der Waals surface area contributed by atoms with Crippen LogP contribution in [-0.4, -0.2) is 13.2 Å². The van der Waals surface area contributed by atoms with E-state index < -0.39 is 0 Å². The van der Waals surface area contributed by atoms with Crippen molar-refractivity contribution < 1.29 is 4.74 Å². The van der Waals surface area contributed by atoms with Gasteiger partial charge in [0.1, 0.15) is 0 Å². The van der Waals surface area contributed by atoms with Crippen molar-refractivity contribution in [2.45, 2.75) is 10.5 Å². The van der Waals surface area contributed by atoms with Crippen LogP contribution >= 0.6 is 11.8 Å². The maximum absolute atomic E-state index is 5.52. The Bertz CT molecular complexity index is 281. The summed E-state index contributed by atoms with van der Waals surface area (Å²) in [4.78, 5) is 0. The number of thioether (sulfide) groups is 1. The number of benzene rings is 1. The predicted molar refractivity (Wildman–Crippen MR) is 50.3 cm³/mol. The molecule has 0 amide bonds. The molecule has 2 unspecified atom stereocenters. The van der Waals surface area contributed by atoms with Gasteiger partial charge in [-0.25, -0.2) is 0 Å². The van der Waals surface area contributed by atoms with Gasteiger partial charge in [-0.1, -0.05) is 24.3 Å². The summed E-state index contributed by atoms with van der Waals surface area (Å²) in [5.74, 6) is 0. The van der Waals surface area contributed by atoms with Crippen LogP contribution in [0.15, 0.2) is 24.3 Å². The molecule has 0 saturated carbocycles. The van der Waals surface area contributed by atoms with E-state index in [1.807, 2.05) is 0 Å². The SMILES string of the molecule is c1ccc2c(c1)C1COCC2S1. The molecule has 0 aliphatic carbocycles. The number of rotatable bonds is 0. The summed E-state index contributed by atoms with van der Waals surface area (Å²) in [7, 11) is 0. The van der Waals surface area contributed by atoms with Gasteiger partial charge in [-0.3, -0.25) is 0 Å². The highest BCUT2D eigenvalue weighted by Crippen LogP contribution is 2.53. The van der Waals surface area contributed by atoms with Crippen LogP contribution in [0.25, 0.3) is 0 Å². The second-order valence-electron chi connectivity index (χ2n) is 3.28. The molecule has 3 rings (SSSR count). The van der Waals surface area contributed by atoms with Crippen molar-refractivity contribution in [2.75, 3.05) is 13.2 Å². The topological polar surface area (TPSA) is 9.23 Å². The van der Waals surface area contributed by atoms with Gasteiger partial charge in [0.15, 0.2) is 0 Å². The third-order valence-electron chi connectivity index (χ3n) is 2.56. The lowest BCUT2D eigenvalue weighted by molar-refractivity contribution is 0.134. The Balaban J connectivity index is 2.16. The van der Waals surface area contributed by atoms with E-state index in [2.05, 4.69) is 36.0 Å². The molecule has 1 fully saturated rings. The molecule has 62 valence electrons. The lowest BCUT2D eigenvalue weighted by Crippen LogP contribution is -2.09. The Labute approximate surface area is 76.1 Å². The highest BCUT2D eigenvalue weighted by atomic mass is 32.2. The minimum atomic E-state index is 0.611. The zero-order chi connectivity index (χ0) is 7.97. The fourth-order valence-corrected chi connectivity index (χ4v) is 3.45. The van der Waals surface area contributed by atoms with E-state index in [9.17, 15) is 0 Å². The number of fused-ring (bicyclic) bond motifs is 5. The molecule has 2 aliphatic rings. The number of ether oxygens (including phenoxy) is 1. The van der Waals surface area contributed by atoms with Crippen molar-refractivity contribution >= 4 is 11.8 Å². The highest BCUT2D eigenvalue weighted by Gasteiger charge is 2.34. The molecule has 1 aromatic carbocycles. The Morgan fingerprint density at radius 1 is 1.08 bits per heavy atom. The van der Waals surface area contributed by atoms with Crippen molar-refractivity contribution in [3.8, 4) is 0 Å². The van der Waals surface area contributed by atoms with Gasteiger partial charge < -0.3 is 4.74 Å². The molecule has 2 bridgehead atoms. The predicted octanol–water partition coefficient (Wildman–Crippen LogP) is 2.55. The summed E-state index contributed by atoms with van der Waals surface area (Å²) in [5.41, 5.74) is 3.01. The molecule has 1 aromatic rings. The van der Waals surface area contributed by atoms with Gasteiger partial charge >= 0.3 is 0 Å². The first-order valence-corrected chi connectivity index (χ1v) is 5.21. The first-order valence-electron chi connectivity index (χ1n) is 4.27. The molecule has 1 saturated heterocycles. The minimum Gasteiger partial charge on any atom is -0.378 e. The first-order chi connectivity index (χ1) is 5.95. The standard InChI is InChI=1S/C10H10OS/c1-2-4-8-7(3-1)9-5-11-6-10(8)12-9/h1-4,9-10H,5-6H2. The van der Waals surface area contributed by atoms with Crippen molar-refractivity contribution in [1.82, 2.24) is 0 Å². The van der Waals surface area contributed by atoms with Gasteiger partial charge in [0.2, 0.25) is 0 Å². The smallest absolute Gasteiger partial charge is 0.0627 e. The second-order valence-corrected chi connectivity index (χ2v) is 4.69. The molecule has 2 atom stereocenters. The fraction of sp³-hybridized carbons (Fsp3) is 0.400. The molecule has 0 aromatic heterocycles. The summed E-state index contributed by atoms with van der Waals surface area (Å²) < 4.78 is 5.52. The van der Waals surface area contributed by atoms with Gasteiger partial charge in [-0.15, -0.1) is 11.8 Å². The van der Waals surface area contributed by atoms with Crippen LogP contribution in [0.2, 0.25) is 0 Å². The zero-order valence-electron chi connectivity index (χ0n) is 6.69. The lowest BCUT2D eigenvalue weighted by Gasteiger charge is -2.18. The normalized spacial score (nSPS) is 31.7. The average molecular weight is 178 g/mol. The average Bonchev–Trinajstić information content (AvgIpc) is 2.41. The van der Waals surface area contributed by atoms with Crippen LogP contribution in [0.4, 0.5) is 0 Å². The summed E-state index contributed by atoms with van der Waals surface area (Å²) in [5, 5.41) is 1.22. The van der Waals surface area contributed by atoms with E-state index in [0.29, 0.717) is 10.5 Å². The van der Waals surface area contributed by atoms with Crippen LogP contribution in [0, 0.1) is 0 Å². The van der Waals surface area contributed by atoms with Crippen molar-refractivity contribution in [2.24, 2.45) is 0 Å². The van der Waals surface area contributed by atoms with Gasteiger partial charge in [0, 0.05) is 0 Å². The monoisotopic (exact) mass is 178 g/mol. The molecule has 2 aliphatic heterocycles. The Morgan fingerprint density at radius 3 is 2.25 bits per heavy atom. The second kappa shape index (κ2) is 2.51. The van der Waals surface area contributed by atoms with E-state index in [1.54, 1.807) is 0 Å². The largest absolute Gasteiger partial charge is 0.378 e. The number of hydrogen-bond donors (Lipinski definition) is 0. The lowest BCUT2D eigenvalue weighted by atomic mass is 10.0. The Morgan fingerprint density at radius 2 is 1.67 bits per heavy atom. The summed E-state index contributed by atoms with van der Waals surface area (Å²) >= 11 is 2.06. The third-order valence-corrected chi connectivity index (χ3v) is 3.99. The first kappa shape index (κ1) is 6.98. The summed E-state index contributed by atoms with van der Waals surface area (Å²) in [6.45, 7) is 1.80. The molecular weight excluding hydrogens is 168 g/mol. The van der Waals surface area contributed by atoms with Crippen LogP contribution in [-0.2, 0) is 4.74 Å². The van der Waals surface area contributed by atoms with E-state index >= 15 is 0 Å². The molecule has 1 nitrogen and oxygen atoms in total. The van der Waals surface area contributed by atoms with Crippen LogP contribution < -0.4 is 0 Å². The maximum Gasteiger partial charge on any atom is 0.0627 e. The van der Waals surface area contributed by atoms with Crippen molar-refractivity contribution in [1.29, 1.82) is 0 Å². The van der Waals surface area contributed by atoms with E-state index in [-0.39, 0.29) is 0 Å². The van der Waals surface area contributed by atoms with Gasteiger partial charge in [0.25, 0.3) is 0 Å². The van der Waals surface area contributed by atoms with Gasteiger partial charge in [0.05, 0.1) is 23.7 Å². The van der Waals surface area contributed by atoms with E-state index in [0.717, 1.165) is 13.2 Å². The van der Waals surface area contributed by atoms with E-state index in [4.69, 9.17) is 4.74 Å².